The van der Waals surface area contributed by atoms with Crippen LogP contribution in [0.15, 0.2) is 29.1 Å². The molecule has 0 spiro atoms. The topological polar surface area (TPSA) is 37.8 Å². The van der Waals surface area contributed by atoms with E-state index in [1.165, 1.54) is 5.56 Å². The van der Waals surface area contributed by atoms with Crippen molar-refractivity contribution in [1.82, 2.24) is 9.78 Å². The molecule has 1 heterocycles. The maximum Gasteiger partial charge on any atom is 0.272 e. The van der Waals surface area contributed by atoms with Gasteiger partial charge in [0.25, 0.3) is 5.56 Å². The zero-order valence-corrected chi connectivity index (χ0v) is 12.9. The van der Waals surface area contributed by atoms with Gasteiger partial charge in [-0.3, -0.25) is 14.6 Å². The van der Waals surface area contributed by atoms with Gasteiger partial charge in [0.15, 0.2) is 0 Å². The highest BCUT2D eigenvalue weighted by atomic mass is 16.1. The largest absolute Gasteiger partial charge is 0.286 e. The molecule has 0 aliphatic carbocycles. The molecular formula is C17H24N2O. The van der Waals surface area contributed by atoms with Crippen LogP contribution in [0.4, 0.5) is 0 Å². The number of aryl methyl sites for hydroxylation is 1. The molecule has 1 N–H and O–H groups in total. The molecule has 1 aromatic heterocycles. The van der Waals surface area contributed by atoms with Crippen LogP contribution in [0, 0.1) is 6.92 Å². The zero-order chi connectivity index (χ0) is 14.7. The summed E-state index contributed by atoms with van der Waals surface area (Å²) in [6.07, 6.45) is 3.17. The monoisotopic (exact) mass is 272 g/mol. The van der Waals surface area contributed by atoms with E-state index < -0.39 is 0 Å². The molecule has 2 rings (SSSR count). The third kappa shape index (κ3) is 2.87. The summed E-state index contributed by atoms with van der Waals surface area (Å²) in [7, 11) is 0. The lowest BCUT2D eigenvalue weighted by Crippen LogP contribution is -2.10. The number of aromatic nitrogens is 2. The summed E-state index contributed by atoms with van der Waals surface area (Å²) in [5.41, 5.74) is 4.22. The second-order valence-corrected chi connectivity index (χ2v) is 5.70. The first-order chi connectivity index (χ1) is 9.54. The predicted molar refractivity (Wildman–Crippen MR) is 84.2 cm³/mol. The van der Waals surface area contributed by atoms with E-state index >= 15 is 0 Å². The molecule has 3 nitrogen and oxygen atoms in total. The lowest BCUT2D eigenvalue weighted by atomic mass is 10.0. The van der Waals surface area contributed by atoms with Gasteiger partial charge in [0, 0.05) is 11.7 Å². The molecule has 0 amide bonds. The summed E-state index contributed by atoms with van der Waals surface area (Å²) in [6, 6.07) is 8.48. The van der Waals surface area contributed by atoms with Crippen molar-refractivity contribution in [3.8, 4) is 11.1 Å². The molecule has 1 aromatic carbocycles. The van der Waals surface area contributed by atoms with Crippen molar-refractivity contribution in [3.63, 3.8) is 0 Å². The maximum absolute atomic E-state index is 12.3. The van der Waals surface area contributed by atoms with Crippen molar-refractivity contribution in [2.24, 2.45) is 0 Å². The number of H-pyrrole nitrogens is 1. The highest BCUT2D eigenvalue weighted by Crippen LogP contribution is 2.24. The quantitative estimate of drug-likeness (QED) is 0.875. The molecule has 0 unspecified atom stereocenters. The molecule has 0 aliphatic rings. The standard InChI is InChI=1S/C17H24N2O/c1-5-6-7-15-16(14-10-8-13(4)9-11-14)17(20)18-19(15)12(2)3/h8-12H,5-7H2,1-4H3,(H,18,20). The van der Waals surface area contributed by atoms with Crippen molar-refractivity contribution in [2.75, 3.05) is 0 Å². The average molecular weight is 272 g/mol. The fraction of sp³-hybridized carbons (Fsp3) is 0.471. The highest BCUT2D eigenvalue weighted by molar-refractivity contribution is 5.65. The van der Waals surface area contributed by atoms with Crippen LogP contribution in [0.3, 0.4) is 0 Å². The smallest absolute Gasteiger partial charge is 0.272 e. The molecule has 0 saturated heterocycles. The van der Waals surface area contributed by atoms with Crippen LogP contribution in [0.25, 0.3) is 11.1 Å². The van der Waals surface area contributed by atoms with E-state index in [-0.39, 0.29) is 11.6 Å². The first kappa shape index (κ1) is 14.6. The van der Waals surface area contributed by atoms with Gasteiger partial charge >= 0.3 is 0 Å². The molecule has 0 fully saturated rings. The van der Waals surface area contributed by atoms with Crippen LogP contribution in [0.2, 0.25) is 0 Å². The molecular weight excluding hydrogens is 248 g/mol. The normalized spacial score (nSPS) is 11.2. The van der Waals surface area contributed by atoms with E-state index in [1.807, 2.05) is 16.8 Å². The van der Waals surface area contributed by atoms with E-state index in [1.54, 1.807) is 0 Å². The molecule has 2 aromatic rings. The molecule has 0 atom stereocenters. The van der Waals surface area contributed by atoms with Gasteiger partial charge in [-0.15, -0.1) is 0 Å². The number of hydrogen-bond acceptors (Lipinski definition) is 1. The molecule has 0 aliphatic heterocycles. The number of unbranched alkanes of at least 4 members (excludes halogenated alkanes) is 1. The lowest BCUT2D eigenvalue weighted by molar-refractivity contribution is 0.502. The molecule has 0 radical (unpaired) electrons. The third-order valence-corrected chi connectivity index (χ3v) is 3.65. The minimum absolute atomic E-state index is 0.0219. The fourth-order valence-corrected chi connectivity index (χ4v) is 2.53. The van der Waals surface area contributed by atoms with E-state index in [4.69, 9.17) is 0 Å². The summed E-state index contributed by atoms with van der Waals surface area (Å²) < 4.78 is 2.02. The van der Waals surface area contributed by atoms with Gasteiger partial charge in [-0.2, -0.15) is 0 Å². The Morgan fingerprint density at radius 2 is 1.85 bits per heavy atom. The van der Waals surface area contributed by atoms with Gasteiger partial charge in [-0.05, 0) is 39.2 Å². The van der Waals surface area contributed by atoms with E-state index in [0.717, 1.165) is 36.1 Å². The molecule has 0 saturated carbocycles. The van der Waals surface area contributed by atoms with E-state index in [0.29, 0.717) is 0 Å². The number of nitrogens with zero attached hydrogens (tertiary/aromatic N) is 1. The van der Waals surface area contributed by atoms with Crippen LogP contribution < -0.4 is 5.56 Å². The third-order valence-electron chi connectivity index (χ3n) is 3.65. The van der Waals surface area contributed by atoms with Gasteiger partial charge in [-0.1, -0.05) is 43.2 Å². The van der Waals surface area contributed by atoms with Gasteiger partial charge < -0.3 is 0 Å². The Hall–Kier alpha value is -1.77. The molecule has 108 valence electrons. The minimum Gasteiger partial charge on any atom is -0.286 e. The molecule has 3 heteroatoms. The molecule has 0 bridgehead atoms. The highest BCUT2D eigenvalue weighted by Gasteiger charge is 2.17. The summed E-state index contributed by atoms with van der Waals surface area (Å²) in [4.78, 5) is 12.3. The van der Waals surface area contributed by atoms with Crippen molar-refractivity contribution >= 4 is 0 Å². The Morgan fingerprint density at radius 3 is 2.40 bits per heavy atom. The Labute approximate surface area is 120 Å². The van der Waals surface area contributed by atoms with Crippen LogP contribution in [-0.2, 0) is 6.42 Å². The SMILES string of the molecule is CCCCc1c(-c2ccc(C)cc2)c(=O)[nH]n1C(C)C. The van der Waals surface area contributed by atoms with E-state index in [9.17, 15) is 4.79 Å². The van der Waals surface area contributed by atoms with Crippen molar-refractivity contribution < 1.29 is 0 Å². The predicted octanol–water partition coefficient (Wildman–Crippen LogP) is 4.08. The average Bonchev–Trinajstić information content (AvgIpc) is 2.74. The van der Waals surface area contributed by atoms with E-state index in [2.05, 4.69) is 44.9 Å². The Balaban J connectivity index is 2.55. The Morgan fingerprint density at radius 1 is 1.20 bits per heavy atom. The van der Waals surface area contributed by atoms with Crippen molar-refractivity contribution in [1.29, 1.82) is 0 Å². The number of hydrogen-bond donors (Lipinski definition) is 1. The van der Waals surface area contributed by atoms with Gasteiger partial charge in [0.1, 0.15) is 0 Å². The van der Waals surface area contributed by atoms with Crippen LogP contribution in [0.5, 0.6) is 0 Å². The van der Waals surface area contributed by atoms with Crippen LogP contribution in [0.1, 0.15) is 50.9 Å². The summed E-state index contributed by atoms with van der Waals surface area (Å²) in [6.45, 7) is 8.44. The number of rotatable bonds is 5. The molecule has 20 heavy (non-hydrogen) atoms. The first-order valence-electron chi connectivity index (χ1n) is 7.45. The van der Waals surface area contributed by atoms with Crippen molar-refractivity contribution in [2.45, 2.75) is 53.0 Å². The Bertz CT molecular complexity index is 617. The number of nitrogens with one attached hydrogen (secondary N) is 1. The fourth-order valence-electron chi connectivity index (χ4n) is 2.53. The van der Waals surface area contributed by atoms with Crippen LogP contribution >= 0.6 is 0 Å². The number of aromatic amines is 1. The van der Waals surface area contributed by atoms with Gasteiger partial charge in [0.2, 0.25) is 0 Å². The van der Waals surface area contributed by atoms with Crippen LogP contribution in [-0.4, -0.2) is 9.78 Å². The summed E-state index contributed by atoms with van der Waals surface area (Å²) >= 11 is 0. The zero-order valence-electron chi connectivity index (χ0n) is 12.9. The van der Waals surface area contributed by atoms with Gasteiger partial charge in [-0.25, -0.2) is 0 Å². The first-order valence-corrected chi connectivity index (χ1v) is 7.45. The summed E-state index contributed by atoms with van der Waals surface area (Å²) in [5, 5.41) is 3.00. The second kappa shape index (κ2) is 6.12. The summed E-state index contributed by atoms with van der Waals surface area (Å²) in [5.74, 6) is 0. The van der Waals surface area contributed by atoms with Crippen molar-refractivity contribution in [3.05, 3.63) is 45.9 Å². The lowest BCUT2D eigenvalue weighted by Gasteiger charge is -2.13. The Kier molecular flexibility index (Phi) is 4.48. The number of benzene rings is 1. The second-order valence-electron chi connectivity index (χ2n) is 5.70. The minimum atomic E-state index is 0.0219. The van der Waals surface area contributed by atoms with Gasteiger partial charge in [0.05, 0.1) is 5.56 Å². The maximum atomic E-state index is 12.3.